The first-order chi connectivity index (χ1) is 20.6. The van der Waals surface area contributed by atoms with Gasteiger partial charge in [0.05, 0.1) is 18.8 Å². The Hall–Kier alpha value is -3.08. The highest BCUT2D eigenvalue weighted by Gasteiger charge is 2.75. The first kappa shape index (κ1) is 28.7. The lowest BCUT2D eigenvalue weighted by molar-refractivity contribution is -0.201. The van der Waals surface area contributed by atoms with Gasteiger partial charge in [0.25, 0.3) is 0 Å². The SMILES string of the molecule is C[C@]12C=CC(=O)C=C1CC[C@@H]1[C@@H]2[C@@H](O)C[C@@]2(C)[C@H]1C[C@H]1O[C@@H](c3ccn(Cc4cccc(CO)c4N)c3)O[C@]12C(=O)CO. The predicted octanol–water partition coefficient (Wildman–Crippen LogP) is 3.21. The third-order valence-corrected chi connectivity index (χ3v) is 11.6. The molecule has 1 aromatic carbocycles. The molecule has 0 unspecified atom stereocenters. The van der Waals surface area contributed by atoms with Crippen LogP contribution in [-0.2, 0) is 32.2 Å². The molecule has 9 atom stereocenters. The molecular weight excluding hydrogens is 548 g/mol. The number of nitrogens with zero attached hydrogens (tertiary/aromatic N) is 1. The number of nitrogens with two attached hydrogens (primary N) is 1. The molecule has 0 amide bonds. The molecule has 1 aromatic heterocycles. The van der Waals surface area contributed by atoms with Crippen LogP contribution in [0.15, 0.2) is 60.5 Å². The molecule has 4 aliphatic carbocycles. The van der Waals surface area contributed by atoms with Crippen molar-refractivity contribution in [2.45, 2.75) is 76.8 Å². The summed E-state index contributed by atoms with van der Waals surface area (Å²) < 4.78 is 15.2. The highest BCUT2D eigenvalue weighted by atomic mass is 16.7. The molecule has 1 aliphatic heterocycles. The second-order valence-corrected chi connectivity index (χ2v) is 13.6. The molecule has 0 bridgehead atoms. The van der Waals surface area contributed by atoms with Crippen LogP contribution in [0.4, 0.5) is 5.69 Å². The molecule has 5 N–H and O–H groups in total. The Bertz CT molecular complexity index is 1540. The maximum Gasteiger partial charge on any atom is 0.193 e. The highest BCUT2D eigenvalue weighted by Crippen LogP contribution is 2.70. The van der Waals surface area contributed by atoms with Gasteiger partial charge in [-0.2, -0.15) is 0 Å². The molecule has 2 heterocycles. The maximum absolute atomic E-state index is 13.8. The van der Waals surface area contributed by atoms with E-state index in [9.17, 15) is 24.9 Å². The lowest BCUT2D eigenvalue weighted by Crippen LogP contribution is -2.63. The number of carbonyl (C=O) groups is 2. The van der Waals surface area contributed by atoms with E-state index in [4.69, 9.17) is 15.2 Å². The highest BCUT2D eigenvalue weighted by molar-refractivity contribution is 6.01. The van der Waals surface area contributed by atoms with Gasteiger partial charge >= 0.3 is 0 Å². The number of ether oxygens (including phenoxy) is 2. The van der Waals surface area contributed by atoms with Gasteiger partial charge in [-0.05, 0) is 61.3 Å². The summed E-state index contributed by atoms with van der Waals surface area (Å²) in [6.45, 7) is 3.84. The summed E-state index contributed by atoms with van der Waals surface area (Å²) in [6, 6.07) is 7.48. The van der Waals surface area contributed by atoms with Crippen molar-refractivity contribution < 1.29 is 34.4 Å². The smallest absolute Gasteiger partial charge is 0.193 e. The number of aromatic nitrogens is 1. The Morgan fingerprint density at radius 1 is 1.19 bits per heavy atom. The van der Waals surface area contributed by atoms with Crippen molar-refractivity contribution in [3.63, 3.8) is 0 Å². The van der Waals surface area contributed by atoms with Gasteiger partial charge in [0, 0.05) is 52.5 Å². The van der Waals surface area contributed by atoms with Crippen LogP contribution in [0.2, 0.25) is 0 Å². The first-order valence-corrected chi connectivity index (χ1v) is 15.3. The van der Waals surface area contributed by atoms with Gasteiger partial charge in [-0.3, -0.25) is 9.59 Å². The van der Waals surface area contributed by atoms with E-state index >= 15 is 0 Å². The van der Waals surface area contributed by atoms with Crippen molar-refractivity contribution in [1.29, 1.82) is 0 Å². The minimum Gasteiger partial charge on any atom is -0.398 e. The second-order valence-electron chi connectivity index (χ2n) is 13.6. The molecule has 43 heavy (non-hydrogen) atoms. The Morgan fingerprint density at radius 2 is 1.98 bits per heavy atom. The number of fused-ring (bicyclic) bond motifs is 7. The van der Waals surface area contributed by atoms with Crippen LogP contribution >= 0.6 is 0 Å². The third-order valence-electron chi connectivity index (χ3n) is 11.6. The van der Waals surface area contributed by atoms with E-state index < -0.39 is 47.3 Å². The monoisotopic (exact) mass is 588 g/mol. The number of ketones is 2. The van der Waals surface area contributed by atoms with Gasteiger partial charge in [-0.1, -0.05) is 43.7 Å². The zero-order valence-corrected chi connectivity index (χ0v) is 24.6. The molecule has 0 spiro atoms. The average Bonchev–Trinajstić information content (AvgIpc) is 3.66. The predicted molar refractivity (Wildman–Crippen MR) is 157 cm³/mol. The number of Topliss-reactive ketones (excluding diaryl/α,β-unsaturated/α-hetero) is 1. The lowest BCUT2D eigenvalue weighted by Gasteiger charge is -2.59. The minimum absolute atomic E-state index is 0.00669. The van der Waals surface area contributed by atoms with Crippen LogP contribution in [0.5, 0.6) is 0 Å². The quantitative estimate of drug-likeness (QED) is 0.377. The summed E-state index contributed by atoms with van der Waals surface area (Å²) in [6.07, 6.45) is 9.55. The van der Waals surface area contributed by atoms with E-state index in [2.05, 4.69) is 6.92 Å². The van der Waals surface area contributed by atoms with Crippen molar-refractivity contribution in [3.05, 3.63) is 77.2 Å². The number of anilines is 1. The van der Waals surface area contributed by atoms with Crippen LogP contribution < -0.4 is 5.73 Å². The van der Waals surface area contributed by atoms with Crippen LogP contribution in [0.1, 0.15) is 62.5 Å². The van der Waals surface area contributed by atoms with E-state index in [1.165, 1.54) is 0 Å². The van der Waals surface area contributed by atoms with Gasteiger partial charge in [-0.25, -0.2) is 0 Å². The third kappa shape index (κ3) is 3.95. The van der Waals surface area contributed by atoms with E-state index in [0.717, 1.165) is 29.5 Å². The van der Waals surface area contributed by atoms with Gasteiger partial charge in [0.15, 0.2) is 23.5 Å². The topological polar surface area (TPSA) is 144 Å². The second kappa shape index (κ2) is 9.97. The largest absolute Gasteiger partial charge is 0.398 e. The normalized spacial score (nSPS) is 39.6. The van der Waals surface area contributed by atoms with Crippen molar-refractivity contribution >= 4 is 17.3 Å². The number of hydrogen-bond acceptors (Lipinski definition) is 8. The summed E-state index contributed by atoms with van der Waals surface area (Å²) in [4.78, 5) is 25.9. The van der Waals surface area contributed by atoms with Crippen molar-refractivity contribution in [2.75, 3.05) is 12.3 Å². The molecule has 4 fully saturated rings. The van der Waals surface area contributed by atoms with Crippen LogP contribution in [0.3, 0.4) is 0 Å². The number of carbonyl (C=O) groups excluding carboxylic acids is 2. The number of aliphatic hydroxyl groups excluding tert-OH is 3. The zero-order chi connectivity index (χ0) is 30.3. The van der Waals surface area contributed by atoms with E-state index in [0.29, 0.717) is 30.6 Å². The molecule has 1 saturated heterocycles. The Balaban J connectivity index is 1.18. The summed E-state index contributed by atoms with van der Waals surface area (Å²) in [5.74, 6) is -0.355. The number of nitrogen functional groups attached to an aromatic ring is 1. The molecule has 9 nitrogen and oxygen atoms in total. The number of rotatable bonds is 6. The molecule has 2 aromatic rings. The van der Waals surface area contributed by atoms with Crippen LogP contribution in [0, 0.1) is 28.6 Å². The fraction of sp³-hybridized carbons (Fsp3) is 0.529. The number of benzene rings is 1. The molecule has 7 rings (SSSR count). The minimum atomic E-state index is -1.39. The molecule has 5 aliphatic rings. The van der Waals surface area contributed by atoms with Crippen molar-refractivity contribution in [2.24, 2.45) is 28.6 Å². The van der Waals surface area contributed by atoms with E-state index in [1.807, 2.05) is 48.2 Å². The summed E-state index contributed by atoms with van der Waals surface area (Å²) in [5, 5.41) is 31.6. The van der Waals surface area contributed by atoms with Crippen LogP contribution in [0.25, 0.3) is 0 Å². The van der Waals surface area contributed by atoms with Gasteiger partial charge < -0.3 is 35.1 Å². The number of aliphatic hydroxyl groups is 3. The fourth-order valence-electron chi connectivity index (χ4n) is 9.67. The van der Waals surface area contributed by atoms with Crippen molar-refractivity contribution in [3.8, 4) is 0 Å². The Morgan fingerprint density at radius 3 is 2.74 bits per heavy atom. The molecule has 3 saturated carbocycles. The Kier molecular flexibility index (Phi) is 6.65. The molecular formula is C34H40N2O7. The standard InChI is InChI=1S/C34H40N2O7/c1-32-10-8-23(39)12-22(32)6-7-24-25-13-28-34(27(41)18-38,33(25,2)14-26(40)29(24)32)43-31(42-28)20-9-11-36(16-20)15-19-4-3-5-21(17-37)30(19)35/h3-5,8-12,16,24-26,28-29,31,37-38,40H,6-7,13-15,17-18,35H2,1-2H3/t24-,25-,26-,28+,29+,31+,32-,33-,34+/m0/s1. The van der Waals surface area contributed by atoms with Gasteiger partial charge in [0.2, 0.25) is 0 Å². The molecule has 228 valence electrons. The zero-order valence-electron chi connectivity index (χ0n) is 24.6. The fourth-order valence-corrected chi connectivity index (χ4v) is 9.67. The summed E-state index contributed by atoms with van der Waals surface area (Å²) in [7, 11) is 0. The summed E-state index contributed by atoms with van der Waals surface area (Å²) in [5.41, 5.74) is 7.64. The maximum atomic E-state index is 13.8. The van der Waals surface area contributed by atoms with Crippen LogP contribution in [-0.4, -0.2) is 55.9 Å². The van der Waals surface area contributed by atoms with Gasteiger partial charge in [-0.15, -0.1) is 0 Å². The number of para-hydroxylation sites is 1. The van der Waals surface area contributed by atoms with E-state index in [1.54, 1.807) is 18.2 Å². The number of hydrogen-bond donors (Lipinski definition) is 4. The van der Waals surface area contributed by atoms with Gasteiger partial charge in [0.1, 0.15) is 6.61 Å². The van der Waals surface area contributed by atoms with Crippen molar-refractivity contribution in [1.82, 2.24) is 4.57 Å². The molecule has 0 radical (unpaired) electrons. The average molecular weight is 589 g/mol. The first-order valence-electron chi connectivity index (χ1n) is 15.3. The lowest BCUT2D eigenvalue weighted by atomic mass is 9.46. The molecule has 9 heteroatoms. The van der Waals surface area contributed by atoms with E-state index in [-0.39, 0.29) is 30.1 Å². The number of allylic oxidation sites excluding steroid dienone is 4. The summed E-state index contributed by atoms with van der Waals surface area (Å²) >= 11 is 0. The Labute approximate surface area is 251 Å².